The molecule has 0 aliphatic rings. The number of methoxy groups -OCH3 is 1. The van der Waals surface area contributed by atoms with Crippen LogP contribution in [0.4, 0.5) is 0 Å². The molecule has 2 rings (SSSR count). The summed E-state index contributed by atoms with van der Waals surface area (Å²) in [5, 5.41) is 24.9. The lowest BCUT2D eigenvalue weighted by Crippen LogP contribution is -2.27. The molecule has 0 aromatic heterocycles. The van der Waals surface area contributed by atoms with Gasteiger partial charge < -0.3 is 15.6 Å². The largest absolute Gasteiger partial charge is 0.503 e. The molecule has 0 saturated carbocycles. The molecule has 0 spiro atoms. The quantitative estimate of drug-likeness (QED) is 0.212. The van der Waals surface area contributed by atoms with Crippen LogP contribution in [0, 0.1) is 6.92 Å². The van der Waals surface area contributed by atoms with Gasteiger partial charge in [0.05, 0.1) is 23.2 Å². The first-order chi connectivity index (χ1) is 13.1. The van der Waals surface area contributed by atoms with E-state index in [0.717, 1.165) is 5.56 Å². The summed E-state index contributed by atoms with van der Waals surface area (Å²) in [6.07, 6.45) is 1.33. The Morgan fingerprint density at radius 1 is 1.29 bits per heavy atom. The van der Waals surface area contributed by atoms with Gasteiger partial charge in [0.1, 0.15) is 0 Å². The SMILES string of the molecule is COc1cc(C=N/N=C(\N)NO)cc(Cl)c1O.Cc1ccc(S(=O)(=O)O)cc1. The molecule has 0 saturated heterocycles. The Kier molecular flexibility index (Phi) is 8.67. The summed E-state index contributed by atoms with van der Waals surface area (Å²) in [7, 11) is -2.62. The Balaban J connectivity index is 0.000000307. The zero-order valence-corrected chi connectivity index (χ0v) is 16.4. The van der Waals surface area contributed by atoms with Gasteiger partial charge in [0.25, 0.3) is 10.1 Å². The number of benzene rings is 2. The average Bonchev–Trinajstić information content (AvgIpc) is 2.64. The maximum atomic E-state index is 10.5. The highest BCUT2D eigenvalue weighted by molar-refractivity contribution is 7.85. The Morgan fingerprint density at radius 2 is 1.89 bits per heavy atom. The van der Waals surface area contributed by atoms with Gasteiger partial charge in [0.2, 0.25) is 5.96 Å². The topological polar surface area (TPSA) is 167 Å². The number of nitrogens with zero attached hydrogens (tertiary/aromatic N) is 2. The standard InChI is InChI=1S/C9H11ClN4O3.C7H8O3S/c1-17-7-3-5(2-6(10)8(7)15)4-12-13-9(11)14-16;1-6-2-4-7(5-3-6)11(8,9)10/h2-4,15-16H,1H3,(H3,11,13,14);2-5H,1H3,(H,8,9,10). The average molecular weight is 431 g/mol. The van der Waals surface area contributed by atoms with Crippen molar-refractivity contribution in [3.8, 4) is 11.5 Å². The molecule has 0 amide bonds. The van der Waals surface area contributed by atoms with Crippen molar-refractivity contribution in [1.82, 2.24) is 5.48 Å². The zero-order valence-electron chi connectivity index (χ0n) is 14.9. The monoisotopic (exact) mass is 430 g/mol. The van der Waals surface area contributed by atoms with Crippen LogP contribution in [-0.2, 0) is 10.1 Å². The van der Waals surface area contributed by atoms with Gasteiger partial charge in [-0.05, 0) is 31.2 Å². The highest BCUT2D eigenvalue weighted by Gasteiger charge is 2.08. The van der Waals surface area contributed by atoms with E-state index in [1.807, 2.05) is 6.92 Å². The number of phenols is 1. The van der Waals surface area contributed by atoms with Crippen molar-refractivity contribution in [1.29, 1.82) is 0 Å². The van der Waals surface area contributed by atoms with Crippen molar-refractivity contribution in [2.24, 2.45) is 15.9 Å². The van der Waals surface area contributed by atoms with E-state index in [0.29, 0.717) is 5.56 Å². The maximum absolute atomic E-state index is 10.5. The minimum Gasteiger partial charge on any atom is -0.503 e. The Morgan fingerprint density at radius 3 is 2.39 bits per heavy atom. The van der Waals surface area contributed by atoms with Crippen LogP contribution >= 0.6 is 11.6 Å². The summed E-state index contributed by atoms with van der Waals surface area (Å²) in [6, 6.07) is 8.98. The van der Waals surface area contributed by atoms with Crippen LogP contribution in [0.5, 0.6) is 11.5 Å². The van der Waals surface area contributed by atoms with E-state index in [4.69, 9.17) is 31.8 Å². The third kappa shape index (κ3) is 7.40. The van der Waals surface area contributed by atoms with E-state index >= 15 is 0 Å². The number of hydroxylamine groups is 1. The number of hydrogen-bond acceptors (Lipinski definition) is 7. The lowest BCUT2D eigenvalue weighted by Gasteiger charge is -2.05. The molecule has 0 bridgehead atoms. The molecule has 28 heavy (non-hydrogen) atoms. The van der Waals surface area contributed by atoms with Gasteiger partial charge in [0, 0.05) is 5.56 Å². The molecule has 0 atom stereocenters. The number of nitrogens with one attached hydrogen (secondary N) is 1. The second-order valence-electron chi connectivity index (χ2n) is 5.18. The molecule has 0 unspecified atom stereocenters. The first-order valence-electron chi connectivity index (χ1n) is 7.45. The van der Waals surface area contributed by atoms with E-state index in [2.05, 4.69) is 10.2 Å². The minimum atomic E-state index is -4.02. The van der Waals surface area contributed by atoms with E-state index in [-0.39, 0.29) is 27.4 Å². The third-order valence-electron chi connectivity index (χ3n) is 3.08. The van der Waals surface area contributed by atoms with Crippen molar-refractivity contribution in [2.45, 2.75) is 11.8 Å². The number of nitrogens with two attached hydrogens (primary N) is 1. The van der Waals surface area contributed by atoms with Crippen molar-refractivity contribution >= 4 is 33.9 Å². The molecule has 0 radical (unpaired) electrons. The molecule has 0 aliphatic carbocycles. The molecular formula is C16H19ClN4O6S. The van der Waals surface area contributed by atoms with Gasteiger partial charge in [-0.25, -0.2) is 5.48 Å². The molecule has 0 heterocycles. The number of hydrogen-bond donors (Lipinski definition) is 5. The fourth-order valence-electron chi connectivity index (χ4n) is 1.71. The molecular weight excluding hydrogens is 412 g/mol. The molecule has 6 N–H and O–H groups in total. The van der Waals surface area contributed by atoms with Crippen LogP contribution in [-0.4, -0.2) is 42.6 Å². The van der Waals surface area contributed by atoms with Crippen LogP contribution in [0.15, 0.2) is 51.5 Å². The predicted octanol–water partition coefficient (Wildman–Crippen LogP) is 1.92. The summed E-state index contributed by atoms with van der Waals surface area (Å²) >= 11 is 5.76. The Hall–Kier alpha value is -2.86. The lowest BCUT2D eigenvalue weighted by molar-refractivity contribution is 0.232. The smallest absolute Gasteiger partial charge is 0.294 e. The van der Waals surface area contributed by atoms with Crippen molar-refractivity contribution in [3.63, 3.8) is 0 Å². The fourth-order valence-corrected chi connectivity index (χ4v) is 2.41. The molecule has 152 valence electrons. The van der Waals surface area contributed by atoms with E-state index in [1.165, 1.54) is 37.6 Å². The van der Waals surface area contributed by atoms with Gasteiger partial charge in [-0.1, -0.05) is 29.3 Å². The predicted molar refractivity (Wildman–Crippen MR) is 105 cm³/mol. The summed E-state index contributed by atoms with van der Waals surface area (Å²) in [6.45, 7) is 1.84. The minimum absolute atomic E-state index is 0.0666. The summed E-state index contributed by atoms with van der Waals surface area (Å²) < 4.78 is 34.5. The molecule has 10 nitrogen and oxygen atoms in total. The highest BCUT2D eigenvalue weighted by atomic mass is 35.5. The first kappa shape index (κ1) is 23.2. The molecule has 0 fully saturated rings. The van der Waals surface area contributed by atoms with Crippen LogP contribution in [0.1, 0.15) is 11.1 Å². The van der Waals surface area contributed by atoms with Crippen LogP contribution in [0.25, 0.3) is 0 Å². The number of aryl methyl sites for hydroxylation is 1. The van der Waals surface area contributed by atoms with E-state index in [9.17, 15) is 13.5 Å². The van der Waals surface area contributed by atoms with Crippen LogP contribution < -0.4 is 16.0 Å². The highest BCUT2D eigenvalue weighted by Crippen LogP contribution is 2.34. The first-order valence-corrected chi connectivity index (χ1v) is 9.27. The number of phenolic OH excluding ortho intramolecular Hbond substituents is 1. The number of halogens is 1. The number of guanidine groups is 1. The van der Waals surface area contributed by atoms with Gasteiger partial charge in [-0.2, -0.15) is 13.5 Å². The Labute approximate surface area is 166 Å². The third-order valence-corrected chi connectivity index (χ3v) is 4.23. The van der Waals surface area contributed by atoms with Crippen molar-refractivity contribution in [2.75, 3.05) is 7.11 Å². The van der Waals surface area contributed by atoms with Crippen LogP contribution in [0.2, 0.25) is 5.02 Å². The van der Waals surface area contributed by atoms with E-state index in [1.54, 1.807) is 17.6 Å². The van der Waals surface area contributed by atoms with Crippen molar-refractivity contribution in [3.05, 3.63) is 52.5 Å². The van der Waals surface area contributed by atoms with Gasteiger partial charge in [0.15, 0.2) is 11.5 Å². The Bertz CT molecular complexity index is 962. The van der Waals surface area contributed by atoms with Gasteiger partial charge in [-0.15, -0.1) is 5.10 Å². The van der Waals surface area contributed by atoms with Crippen molar-refractivity contribution < 1.29 is 28.0 Å². The number of ether oxygens (including phenoxy) is 1. The summed E-state index contributed by atoms with van der Waals surface area (Å²) in [4.78, 5) is -0.0666. The molecule has 12 heteroatoms. The molecule has 0 aliphatic heterocycles. The lowest BCUT2D eigenvalue weighted by atomic mass is 10.2. The van der Waals surface area contributed by atoms with E-state index < -0.39 is 10.1 Å². The normalized spacial score (nSPS) is 11.7. The second-order valence-corrected chi connectivity index (χ2v) is 7.01. The molecule has 2 aromatic rings. The molecule has 2 aromatic carbocycles. The zero-order chi connectivity index (χ0) is 21.3. The fraction of sp³-hybridized carbons (Fsp3) is 0.125. The van der Waals surface area contributed by atoms with Gasteiger partial charge >= 0.3 is 0 Å². The number of rotatable bonds is 4. The summed E-state index contributed by atoms with van der Waals surface area (Å²) in [5.41, 5.74) is 8.26. The summed E-state index contributed by atoms with van der Waals surface area (Å²) in [5.74, 6) is -0.180. The van der Waals surface area contributed by atoms with Gasteiger partial charge in [-0.3, -0.25) is 9.76 Å². The second kappa shape index (κ2) is 10.5. The van der Waals surface area contributed by atoms with Crippen LogP contribution in [0.3, 0.4) is 0 Å². The maximum Gasteiger partial charge on any atom is 0.294 e. The number of aromatic hydroxyl groups is 1.